The van der Waals surface area contributed by atoms with Gasteiger partial charge in [-0.2, -0.15) is 0 Å². The molecule has 4 saturated heterocycles. The smallest absolute Gasteiger partial charge is 0.251 e. The van der Waals surface area contributed by atoms with Gasteiger partial charge in [0.25, 0.3) is 5.91 Å². The first-order valence-electron chi connectivity index (χ1n) is 10.9. The highest BCUT2D eigenvalue weighted by Gasteiger charge is 2.40. The monoisotopic (exact) mass is 427 g/mol. The molecule has 0 saturated carbocycles. The topological polar surface area (TPSA) is 73.5 Å². The Kier molecular flexibility index (Phi) is 5.71. The van der Waals surface area contributed by atoms with Crippen molar-refractivity contribution < 1.29 is 9.53 Å². The van der Waals surface area contributed by atoms with Gasteiger partial charge >= 0.3 is 0 Å². The molecule has 2 atom stereocenters. The number of hydrogen-bond donors (Lipinski definition) is 2. The number of nitrogens with zero attached hydrogens (tertiary/aromatic N) is 3. The number of carbonyl (C=O) groups excluding carboxylic acids is 1. The lowest BCUT2D eigenvalue weighted by Gasteiger charge is -2.49. The normalized spacial score (nSPS) is 28.5. The SMILES string of the molecule is C[C@H]1[C@H](NC(=O)c2ccc(Sc3cnc(N4CCOCC4)[nH]3)cc2)C2CCN1CC2. The molecule has 30 heavy (non-hydrogen) atoms. The molecule has 1 aromatic heterocycles. The van der Waals surface area contributed by atoms with E-state index >= 15 is 0 Å². The van der Waals surface area contributed by atoms with Crippen LogP contribution in [0, 0.1) is 5.92 Å². The number of rotatable bonds is 5. The van der Waals surface area contributed by atoms with Gasteiger partial charge in [0.1, 0.15) is 0 Å². The minimum atomic E-state index is 0.0355. The van der Waals surface area contributed by atoms with Gasteiger partial charge in [-0.3, -0.25) is 9.69 Å². The molecular formula is C22H29N5O2S. The van der Waals surface area contributed by atoms with Crippen molar-refractivity contribution in [1.82, 2.24) is 20.2 Å². The van der Waals surface area contributed by atoms with Crippen molar-refractivity contribution in [2.24, 2.45) is 5.92 Å². The second kappa shape index (κ2) is 8.61. The third kappa shape index (κ3) is 4.08. The zero-order valence-corrected chi connectivity index (χ0v) is 18.2. The second-order valence-corrected chi connectivity index (χ2v) is 9.53. The third-order valence-electron chi connectivity index (χ3n) is 6.67. The summed E-state index contributed by atoms with van der Waals surface area (Å²) in [4.78, 5) is 26.5. The predicted molar refractivity (Wildman–Crippen MR) is 117 cm³/mol. The molecular weight excluding hydrogens is 398 g/mol. The number of carbonyl (C=O) groups is 1. The summed E-state index contributed by atoms with van der Waals surface area (Å²) in [6.45, 7) is 7.79. The molecule has 4 fully saturated rings. The number of amides is 1. The van der Waals surface area contributed by atoms with Crippen LogP contribution >= 0.6 is 11.8 Å². The van der Waals surface area contributed by atoms with Gasteiger partial charge in [0.2, 0.25) is 5.95 Å². The van der Waals surface area contributed by atoms with E-state index in [9.17, 15) is 4.79 Å². The molecule has 0 radical (unpaired) electrons. The second-order valence-electron chi connectivity index (χ2n) is 8.41. The van der Waals surface area contributed by atoms with Gasteiger partial charge in [0, 0.05) is 35.6 Å². The maximum absolute atomic E-state index is 12.8. The number of benzene rings is 1. The van der Waals surface area contributed by atoms with Crippen LogP contribution in [0.15, 0.2) is 40.4 Å². The molecule has 2 N–H and O–H groups in total. The fourth-order valence-corrected chi connectivity index (χ4v) is 5.64. The van der Waals surface area contributed by atoms with Crippen LogP contribution in [-0.2, 0) is 4.74 Å². The Labute approximate surface area is 181 Å². The van der Waals surface area contributed by atoms with E-state index in [1.54, 1.807) is 11.8 Å². The molecule has 5 heterocycles. The Bertz CT molecular complexity index is 870. The van der Waals surface area contributed by atoms with E-state index in [1.165, 1.54) is 25.9 Å². The van der Waals surface area contributed by atoms with Crippen molar-refractivity contribution in [3.8, 4) is 0 Å². The molecule has 0 unspecified atom stereocenters. The van der Waals surface area contributed by atoms with E-state index in [1.807, 2.05) is 30.5 Å². The van der Waals surface area contributed by atoms with Crippen LogP contribution < -0.4 is 10.2 Å². The highest BCUT2D eigenvalue weighted by atomic mass is 32.2. The van der Waals surface area contributed by atoms with E-state index in [2.05, 4.69) is 32.0 Å². The molecule has 2 bridgehead atoms. The number of morpholine rings is 1. The Morgan fingerprint density at radius 1 is 1.17 bits per heavy atom. The van der Waals surface area contributed by atoms with E-state index < -0.39 is 0 Å². The molecule has 8 heteroatoms. The molecule has 160 valence electrons. The maximum atomic E-state index is 12.8. The van der Waals surface area contributed by atoms with E-state index in [0.29, 0.717) is 12.0 Å². The van der Waals surface area contributed by atoms with Gasteiger partial charge in [-0.15, -0.1) is 0 Å². The Hall–Kier alpha value is -2.03. The predicted octanol–water partition coefficient (Wildman–Crippen LogP) is 2.61. The third-order valence-corrected chi connectivity index (χ3v) is 7.60. The zero-order chi connectivity index (χ0) is 20.5. The first kappa shape index (κ1) is 19.9. The number of nitrogens with one attached hydrogen (secondary N) is 2. The Morgan fingerprint density at radius 3 is 2.60 bits per heavy atom. The largest absolute Gasteiger partial charge is 0.378 e. The van der Waals surface area contributed by atoms with Crippen molar-refractivity contribution in [3.05, 3.63) is 36.0 Å². The van der Waals surface area contributed by atoms with Crippen molar-refractivity contribution in [2.75, 3.05) is 44.3 Å². The summed E-state index contributed by atoms with van der Waals surface area (Å²) in [5.74, 6) is 1.54. The summed E-state index contributed by atoms with van der Waals surface area (Å²) >= 11 is 1.62. The fourth-order valence-electron chi connectivity index (χ4n) is 4.86. The highest BCUT2D eigenvalue weighted by molar-refractivity contribution is 7.99. The zero-order valence-electron chi connectivity index (χ0n) is 17.3. The highest BCUT2D eigenvalue weighted by Crippen LogP contribution is 2.32. The number of imidazole rings is 1. The van der Waals surface area contributed by atoms with Crippen LogP contribution in [0.1, 0.15) is 30.1 Å². The Morgan fingerprint density at radius 2 is 1.90 bits per heavy atom. The molecule has 1 aromatic carbocycles. The minimum absolute atomic E-state index is 0.0355. The first-order valence-corrected chi connectivity index (χ1v) is 11.7. The average molecular weight is 428 g/mol. The summed E-state index contributed by atoms with van der Waals surface area (Å²) in [6.07, 6.45) is 4.26. The van der Waals surface area contributed by atoms with Crippen LogP contribution in [0.3, 0.4) is 0 Å². The molecule has 2 aromatic rings. The number of fused-ring (bicyclic) bond motifs is 3. The van der Waals surface area contributed by atoms with Crippen LogP contribution in [0.25, 0.3) is 0 Å². The van der Waals surface area contributed by atoms with Crippen LogP contribution in [0.5, 0.6) is 0 Å². The summed E-state index contributed by atoms with van der Waals surface area (Å²) in [7, 11) is 0. The molecule has 4 aliphatic rings. The summed E-state index contributed by atoms with van der Waals surface area (Å²) in [5.41, 5.74) is 0.724. The van der Waals surface area contributed by atoms with Gasteiger partial charge in [-0.05, 0) is 63.0 Å². The number of H-pyrrole nitrogens is 1. The fraction of sp³-hybridized carbons (Fsp3) is 0.545. The lowest BCUT2D eigenvalue weighted by Crippen LogP contribution is -2.62. The number of aromatic nitrogens is 2. The molecule has 7 nitrogen and oxygen atoms in total. The van der Waals surface area contributed by atoms with Crippen molar-refractivity contribution in [2.45, 2.75) is 41.8 Å². The number of anilines is 1. The number of ether oxygens (including phenoxy) is 1. The average Bonchev–Trinajstić information content (AvgIpc) is 3.26. The Balaban J connectivity index is 1.19. The van der Waals surface area contributed by atoms with Crippen LogP contribution in [0.2, 0.25) is 0 Å². The lowest BCUT2D eigenvalue weighted by atomic mass is 9.79. The van der Waals surface area contributed by atoms with Crippen molar-refractivity contribution in [1.29, 1.82) is 0 Å². The molecule has 0 spiro atoms. The minimum Gasteiger partial charge on any atom is -0.378 e. The standard InChI is InChI=1S/C22H29N5O2S/c1-15-20(16-6-8-26(15)9-7-16)25-21(28)17-2-4-18(5-3-17)30-19-14-23-22(24-19)27-10-12-29-13-11-27/h2-5,14-16,20H,6-13H2,1H3,(H,23,24)(H,25,28)/t15-,20-/m0/s1. The number of aromatic amines is 1. The van der Waals surface area contributed by atoms with Gasteiger partial charge in [-0.25, -0.2) is 4.98 Å². The summed E-state index contributed by atoms with van der Waals surface area (Å²) in [5, 5.41) is 4.30. The van der Waals surface area contributed by atoms with Crippen LogP contribution in [0.4, 0.5) is 5.95 Å². The summed E-state index contributed by atoms with van der Waals surface area (Å²) in [6, 6.07) is 8.55. The molecule has 4 aliphatic heterocycles. The molecule has 1 amide bonds. The van der Waals surface area contributed by atoms with E-state index in [-0.39, 0.29) is 11.9 Å². The van der Waals surface area contributed by atoms with Crippen molar-refractivity contribution in [3.63, 3.8) is 0 Å². The molecule has 0 aliphatic carbocycles. The lowest BCUT2D eigenvalue weighted by molar-refractivity contribution is 0.0217. The first-order chi connectivity index (χ1) is 14.7. The molecule has 6 rings (SSSR count). The van der Waals surface area contributed by atoms with Gasteiger partial charge in [-0.1, -0.05) is 11.8 Å². The van der Waals surface area contributed by atoms with Gasteiger partial charge in [0.15, 0.2) is 0 Å². The van der Waals surface area contributed by atoms with Gasteiger partial charge in [0.05, 0.1) is 24.4 Å². The number of hydrogen-bond acceptors (Lipinski definition) is 6. The van der Waals surface area contributed by atoms with Crippen molar-refractivity contribution >= 4 is 23.6 Å². The van der Waals surface area contributed by atoms with Gasteiger partial charge < -0.3 is 19.9 Å². The van der Waals surface area contributed by atoms with E-state index in [4.69, 9.17) is 4.74 Å². The quantitative estimate of drug-likeness (QED) is 0.764. The maximum Gasteiger partial charge on any atom is 0.251 e. The van der Waals surface area contributed by atoms with E-state index in [0.717, 1.165) is 47.7 Å². The number of piperidine rings is 3. The van der Waals surface area contributed by atoms with Crippen LogP contribution in [-0.4, -0.2) is 72.3 Å². The summed E-state index contributed by atoms with van der Waals surface area (Å²) < 4.78 is 5.40.